The van der Waals surface area contributed by atoms with Crippen molar-refractivity contribution in [3.05, 3.63) is 76.4 Å². The summed E-state index contributed by atoms with van der Waals surface area (Å²) in [7, 11) is 0. The van der Waals surface area contributed by atoms with Gasteiger partial charge in [0.15, 0.2) is 0 Å². The number of aryl methyl sites for hydroxylation is 2. The number of fused-ring (bicyclic) bond motifs is 3. The van der Waals surface area contributed by atoms with E-state index >= 15 is 0 Å². The van der Waals surface area contributed by atoms with Crippen molar-refractivity contribution in [2.45, 2.75) is 32.6 Å². The number of anilines is 3. The summed E-state index contributed by atoms with van der Waals surface area (Å²) in [4.78, 5) is 23.7. The number of hydrogen-bond acceptors (Lipinski definition) is 5. The molecule has 0 aliphatic heterocycles. The average Bonchev–Trinajstić information content (AvgIpc) is 3.29. The van der Waals surface area contributed by atoms with E-state index in [1.54, 1.807) is 11.3 Å². The Balaban J connectivity index is 1.56. The number of nitrogens with one attached hydrogen (secondary N) is 2. The van der Waals surface area contributed by atoms with Crippen LogP contribution < -0.4 is 10.6 Å². The molecule has 1 amide bonds. The van der Waals surface area contributed by atoms with Crippen LogP contribution in [0.5, 0.6) is 0 Å². The van der Waals surface area contributed by atoms with Gasteiger partial charge in [0.2, 0.25) is 5.91 Å². The summed E-state index contributed by atoms with van der Waals surface area (Å²) in [5, 5.41) is 7.49. The normalized spacial score (nSPS) is 12.7. The van der Waals surface area contributed by atoms with Crippen molar-refractivity contribution in [1.82, 2.24) is 9.97 Å². The standard InChI is InChI=1S/C24H22N4OS/c1-15(29)25-17-9-5-10-18(14-17)26-23-22-19-11-6-12-20(19)30-24(22)28-21(27-23)13-16-7-3-2-4-8-16/h2-5,7-10,14H,6,11-13H2,1H3,(H,25,29)(H,26,27,28). The van der Waals surface area contributed by atoms with Crippen LogP contribution in [-0.2, 0) is 24.1 Å². The Labute approximate surface area is 179 Å². The summed E-state index contributed by atoms with van der Waals surface area (Å²) in [5.41, 5.74) is 4.24. The molecule has 0 saturated heterocycles. The van der Waals surface area contributed by atoms with E-state index in [4.69, 9.17) is 9.97 Å². The summed E-state index contributed by atoms with van der Waals surface area (Å²) in [6, 6.07) is 18.0. The van der Waals surface area contributed by atoms with Crippen LogP contribution in [0.3, 0.4) is 0 Å². The predicted octanol–water partition coefficient (Wildman–Crippen LogP) is 5.47. The SMILES string of the molecule is CC(=O)Nc1cccc(Nc2nc(Cc3ccccc3)nc3sc4c(c23)CCC4)c1. The third-order valence-corrected chi connectivity index (χ3v) is 6.45. The summed E-state index contributed by atoms with van der Waals surface area (Å²) in [5.74, 6) is 1.58. The second-order valence-electron chi connectivity index (χ2n) is 7.58. The van der Waals surface area contributed by atoms with Crippen LogP contribution in [0.15, 0.2) is 54.6 Å². The van der Waals surface area contributed by atoms with Gasteiger partial charge in [0.05, 0.1) is 5.39 Å². The molecule has 0 fully saturated rings. The predicted molar refractivity (Wildman–Crippen MR) is 123 cm³/mol. The number of amides is 1. The second-order valence-corrected chi connectivity index (χ2v) is 8.66. The van der Waals surface area contributed by atoms with Gasteiger partial charge in [-0.15, -0.1) is 11.3 Å². The highest BCUT2D eigenvalue weighted by atomic mass is 32.1. The van der Waals surface area contributed by atoms with Gasteiger partial charge in [-0.3, -0.25) is 4.79 Å². The van der Waals surface area contributed by atoms with Gasteiger partial charge in [0, 0.05) is 29.6 Å². The monoisotopic (exact) mass is 414 g/mol. The maximum Gasteiger partial charge on any atom is 0.221 e. The third kappa shape index (κ3) is 3.78. The van der Waals surface area contributed by atoms with Gasteiger partial charge in [0.25, 0.3) is 0 Å². The number of rotatable bonds is 5. The molecule has 0 saturated carbocycles. The number of hydrogen-bond donors (Lipinski definition) is 2. The molecule has 0 bridgehead atoms. The number of thiophene rings is 1. The fourth-order valence-corrected chi connectivity index (χ4v) is 5.28. The van der Waals surface area contributed by atoms with Crippen LogP contribution in [0.25, 0.3) is 10.2 Å². The lowest BCUT2D eigenvalue weighted by molar-refractivity contribution is -0.114. The minimum absolute atomic E-state index is 0.0858. The zero-order chi connectivity index (χ0) is 20.5. The van der Waals surface area contributed by atoms with Crippen LogP contribution in [-0.4, -0.2) is 15.9 Å². The summed E-state index contributed by atoms with van der Waals surface area (Å²) in [6.07, 6.45) is 4.10. The topological polar surface area (TPSA) is 66.9 Å². The van der Waals surface area contributed by atoms with Crippen molar-refractivity contribution in [2.24, 2.45) is 0 Å². The Morgan fingerprint density at radius 3 is 2.70 bits per heavy atom. The first-order valence-electron chi connectivity index (χ1n) is 10.2. The quantitative estimate of drug-likeness (QED) is 0.454. The molecule has 0 radical (unpaired) electrons. The lowest BCUT2D eigenvalue weighted by Gasteiger charge is -2.12. The fourth-order valence-electron chi connectivity index (χ4n) is 4.00. The van der Waals surface area contributed by atoms with E-state index in [2.05, 4.69) is 22.8 Å². The molecule has 2 aromatic heterocycles. The molecular formula is C24H22N4OS. The molecule has 4 aromatic rings. The van der Waals surface area contributed by atoms with Gasteiger partial charge in [-0.25, -0.2) is 9.97 Å². The summed E-state index contributed by atoms with van der Waals surface area (Å²) >= 11 is 1.80. The number of nitrogens with zero attached hydrogens (tertiary/aromatic N) is 2. The lowest BCUT2D eigenvalue weighted by Crippen LogP contribution is -2.06. The van der Waals surface area contributed by atoms with E-state index in [1.165, 1.54) is 29.3 Å². The molecule has 2 heterocycles. The average molecular weight is 415 g/mol. The summed E-state index contributed by atoms with van der Waals surface area (Å²) in [6.45, 7) is 1.51. The van der Waals surface area contributed by atoms with E-state index in [0.717, 1.165) is 46.1 Å². The van der Waals surface area contributed by atoms with Crippen LogP contribution in [0, 0.1) is 0 Å². The van der Waals surface area contributed by atoms with Crippen molar-refractivity contribution >= 4 is 44.7 Å². The zero-order valence-corrected chi connectivity index (χ0v) is 17.6. The lowest BCUT2D eigenvalue weighted by atomic mass is 10.1. The molecule has 6 heteroatoms. The molecule has 0 atom stereocenters. The Bertz CT molecular complexity index is 1230. The molecule has 150 valence electrons. The van der Waals surface area contributed by atoms with Crippen LogP contribution in [0.1, 0.15) is 35.2 Å². The largest absolute Gasteiger partial charge is 0.340 e. The van der Waals surface area contributed by atoms with Crippen LogP contribution >= 0.6 is 11.3 Å². The first-order chi connectivity index (χ1) is 14.7. The minimum atomic E-state index is -0.0858. The molecule has 1 aliphatic rings. The Morgan fingerprint density at radius 1 is 1.03 bits per heavy atom. The van der Waals surface area contributed by atoms with Gasteiger partial charge in [-0.1, -0.05) is 36.4 Å². The van der Waals surface area contributed by atoms with Crippen molar-refractivity contribution < 1.29 is 4.79 Å². The van der Waals surface area contributed by atoms with E-state index in [0.29, 0.717) is 6.42 Å². The minimum Gasteiger partial charge on any atom is -0.340 e. The van der Waals surface area contributed by atoms with Crippen molar-refractivity contribution in [3.63, 3.8) is 0 Å². The van der Waals surface area contributed by atoms with Gasteiger partial charge in [0.1, 0.15) is 16.5 Å². The molecule has 5 rings (SSSR count). The van der Waals surface area contributed by atoms with Crippen molar-refractivity contribution in [2.75, 3.05) is 10.6 Å². The Morgan fingerprint density at radius 2 is 1.87 bits per heavy atom. The van der Waals surface area contributed by atoms with Crippen molar-refractivity contribution in [3.8, 4) is 0 Å². The molecular weight excluding hydrogens is 392 g/mol. The van der Waals surface area contributed by atoms with Gasteiger partial charge >= 0.3 is 0 Å². The molecule has 2 N–H and O–H groups in total. The van der Waals surface area contributed by atoms with Crippen LogP contribution in [0.2, 0.25) is 0 Å². The number of carbonyl (C=O) groups excluding carboxylic acids is 1. The zero-order valence-electron chi connectivity index (χ0n) is 16.7. The highest BCUT2D eigenvalue weighted by Gasteiger charge is 2.22. The fraction of sp³-hybridized carbons (Fsp3) is 0.208. The molecule has 2 aromatic carbocycles. The van der Waals surface area contributed by atoms with Crippen molar-refractivity contribution in [1.29, 1.82) is 0 Å². The molecule has 0 spiro atoms. The van der Waals surface area contributed by atoms with Gasteiger partial charge < -0.3 is 10.6 Å². The Hall–Kier alpha value is -3.25. The second kappa shape index (κ2) is 7.88. The maximum absolute atomic E-state index is 11.4. The van der Waals surface area contributed by atoms with Crippen LogP contribution in [0.4, 0.5) is 17.2 Å². The molecule has 5 nitrogen and oxygen atoms in total. The third-order valence-electron chi connectivity index (χ3n) is 5.26. The van der Waals surface area contributed by atoms with E-state index in [-0.39, 0.29) is 5.91 Å². The number of benzene rings is 2. The highest BCUT2D eigenvalue weighted by molar-refractivity contribution is 7.19. The number of carbonyl (C=O) groups is 1. The first kappa shape index (κ1) is 18.8. The van der Waals surface area contributed by atoms with E-state index in [1.807, 2.05) is 42.5 Å². The number of aromatic nitrogens is 2. The molecule has 0 unspecified atom stereocenters. The smallest absolute Gasteiger partial charge is 0.221 e. The maximum atomic E-state index is 11.4. The van der Waals surface area contributed by atoms with Gasteiger partial charge in [-0.2, -0.15) is 0 Å². The van der Waals surface area contributed by atoms with E-state index in [9.17, 15) is 4.79 Å². The Kier molecular flexibility index (Phi) is 4.93. The van der Waals surface area contributed by atoms with Gasteiger partial charge in [-0.05, 0) is 48.6 Å². The highest BCUT2D eigenvalue weighted by Crippen LogP contribution is 2.40. The molecule has 1 aliphatic carbocycles. The van der Waals surface area contributed by atoms with E-state index < -0.39 is 0 Å². The first-order valence-corrected chi connectivity index (χ1v) is 11.0. The summed E-state index contributed by atoms with van der Waals surface area (Å²) < 4.78 is 0. The molecule has 30 heavy (non-hydrogen) atoms.